The van der Waals surface area contributed by atoms with Gasteiger partial charge in [-0.3, -0.25) is 0 Å². The van der Waals surface area contributed by atoms with Gasteiger partial charge in [0.25, 0.3) is 0 Å². The molecule has 0 aromatic heterocycles. The van der Waals surface area contributed by atoms with Crippen molar-refractivity contribution in [1.29, 1.82) is 0 Å². The molecule has 0 N–H and O–H groups in total. The second-order valence-electron chi connectivity index (χ2n) is 5.94. The topological polar surface area (TPSA) is 27.7 Å². The molecule has 23 heavy (non-hydrogen) atoms. The first-order valence-corrected chi connectivity index (χ1v) is 8.29. The van der Waals surface area contributed by atoms with Crippen molar-refractivity contribution in [1.82, 2.24) is 0 Å². The molecule has 1 heterocycles. The van der Waals surface area contributed by atoms with Crippen molar-refractivity contribution in [2.45, 2.75) is 38.3 Å². The van der Waals surface area contributed by atoms with Gasteiger partial charge in [-0.05, 0) is 17.5 Å². The number of hydrogen-bond acceptors (Lipinski definition) is 3. The summed E-state index contributed by atoms with van der Waals surface area (Å²) in [6.07, 6.45) is 2.26. The summed E-state index contributed by atoms with van der Waals surface area (Å²) in [6.45, 7) is 2.68. The van der Waals surface area contributed by atoms with Gasteiger partial charge in [0.05, 0.1) is 32.0 Å². The molecule has 3 nitrogen and oxygen atoms in total. The molecule has 0 radical (unpaired) electrons. The first-order valence-electron chi connectivity index (χ1n) is 8.29. The van der Waals surface area contributed by atoms with Crippen LogP contribution in [-0.2, 0) is 27.4 Å². The van der Waals surface area contributed by atoms with E-state index in [0.717, 1.165) is 19.4 Å². The molecule has 1 aliphatic rings. The van der Waals surface area contributed by atoms with E-state index in [1.165, 1.54) is 11.1 Å². The van der Waals surface area contributed by atoms with Crippen molar-refractivity contribution in [3.05, 3.63) is 71.8 Å². The van der Waals surface area contributed by atoms with E-state index in [1.807, 2.05) is 36.4 Å². The molecule has 0 spiro atoms. The number of benzene rings is 2. The smallest absolute Gasteiger partial charge is 0.0833 e. The van der Waals surface area contributed by atoms with E-state index in [-0.39, 0.29) is 12.2 Å². The van der Waals surface area contributed by atoms with Crippen LogP contribution in [0.25, 0.3) is 0 Å². The van der Waals surface area contributed by atoms with Crippen LogP contribution in [0, 0.1) is 0 Å². The van der Waals surface area contributed by atoms with Crippen molar-refractivity contribution in [2.24, 2.45) is 0 Å². The van der Waals surface area contributed by atoms with Gasteiger partial charge in [-0.1, -0.05) is 60.7 Å². The molecule has 1 fully saturated rings. The van der Waals surface area contributed by atoms with Gasteiger partial charge in [0.2, 0.25) is 0 Å². The second-order valence-corrected chi connectivity index (χ2v) is 5.94. The Morgan fingerprint density at radius 3 is 2.22 bits per heavy atom. The minimum absolute atomic E-state index is 0.133. The van der Waals surface area contributed by atoms with Crippen LogP contribution in [0.5, 0.6) is 0 Å². The van der Waals surface area contributed by atoms with Crippen molar-refractivity contribution < 1.29 is 14.2 Å². The average molecular weight is 312 g/mol. The Kier molecular flexibility index (Phi) is 6.21. The highest BCUT2D eigenvalue weighted by Gasteiger charge is 2.23. The molecule has 3 rings (SSSR count). The van der Waals surface area contributed by atoms with Crippen LogP contribution in [0.2, 0.25) is 0 Å². The molecular weight excluding hydrogens is 288 g/mol. The third-order valence-corrected chi connectivity index (χ3v) is 4.06. The van der Waals surface area contributed by atoms with E-state index in [2.05, 4.69) is 24.3 Å². The van der Waals surface area contributed by atoms with Crippen LogP contribution in [-0.4, -0.2) is 25.4 Å². The van der Waals surface area contributed by atoms with Gasteiger partial charge in [-0.2, -0.15) is 0 Å². The summed E-state index contributed by atoms with van der Waals surface area (Å²) < 4.78 is 17.6. The first kappa shape index (κ1) is 16.2. The molecule has 2 aromatic rings. The Labute approximate surface area is 138 Å². The van der Waals surface area contributed by atoms with Gasteiger partial charge in [0.15, 0.2) is 0 Å². The summed E-state index contributed by atoms with van der Waals surface area (Å²) in [7, 11) is 0. The molecule has 1 saturated heterocycles. The Balaban J connectivity index is 1.38. The van der Waals surface area contributed by atoms with Crippen LogP contribution in [0.3, 0.4) is 0 Å². The maximum absolute atomic E-state index is 6.03. The summed E-state index contributed by atoms with van der Waals surface area (Å²) >= 11 is 0. The first-order chi connectivity index (χ1) is 11.4. The SMILES string of the molecule is c1ccc(COCC2CC(OCc3ccccc3)CCO2)cc1. The standard InChI is InChI=1S/C20H24O3/c1-3-7-17(8-4-1)14-21-16-20-13-19(11-12-22-20)23-15-18-9-5-2-6-10-18/h1-10,19-20H,11-16H2. The van der Waals surface area contributed by atoms with E-state index in [1.54, 1.807) is 0 Å². The van der Waals surface area contributed by atoms with Crippen molar-refractivity contribution in [3.8, 4) is 0 Å². The Bertz CT molecular complexity index is 556. The van der Waals surface area contributed by atoms with Gasteiger partial charge in [-0.25, -0.2) is 0 Å². The van der Waals surface area contributed by atoms with E-state index < -0.39 is 0 Å². The molecule has 3 heteroatoms. The van der Waals surface area contributed by atoms with Crippen LogP contribution in [0.1, 0.15) is 24.0 Å². The van der Waals surface area contributed by atoms with Crippen LogP contribution < -0.4 is 0 Å². The van der Waals surface area contributed by atoms with Crippen LogP contribution in [0.4, 0.5) is 0 Å². The number of ether oxygens (including phenoxy) is 3. The lowest BCUT2D eigenvalue weighted by Gasteiger charge is -2.29. The summed E-state index contributed by atoms with van der Waals surface area (Å²) in [5, 5.41) is 0. The normalized spacial score (nSPS) is 21.2. The van der Waals surface area contributed by atoms with E-state index in [0.29, 0.717) is 19.8 Å². The summed E-state index contributed by atoms with van der Waals surface area (Å²) in [5.41, 5.74) is 2.41. The van der Waals surface area contributed by atoms with Gasteiger partial charge >= 0.3 is 0 Å². The Morgan fingerprint density at radius 2 is 1.52 bits per heavy atom. The van der Waals surface area contributed by atoms with Crippen LogP contribution >= 0.6 is 0 Å². The van der Waals surface area contributed by atoms with Crippen molar-refractivity contribution in [3.63, 3.8) is 0 Å². The molecule has 122 valence electrons. The lowest BCUT2D eigenvalue weighted by molar-refractivity contribution is -0.103. The summed E-state index contributed by atoms with van der Waals surface area (Å²) in [6, 6.07) is 20.5. The third kappa shape index (κ3) is 5.47. The lowest BCUT2D eigenvalue weighted by atomic mass is 10.1. The van der Waals surface area contributed by atoms with E-state index in [9.17, 15) is 0 Å². The molecule has 2 aromatic carbocycles. The Hall–Kier alpha value is -1.68. The maximum atomic E-state index is 6.03. The fraction of sp³-hybridized carbons (Fsp3) is 0.400. The van der Waals surface area contributed by atoms with Gasteiger partial charge in [0, 0.05) is 13.0 Å². The molecular formula is C20H24O3. The van der Waals surface area contributed by atoms with E-state index >= 15 is 0 Å². The zero-order valence-corrected chi connectivity index (χ0v) is 13.4. The van der Waals surface area contributed by atoms with Crippen molar-refractivity contribution >= 4 is 0 Å². The molecule has 2 atom stereocenters. The highest BCUT2D eigenvalue weighted by molar-refractivity contribution is 5.14. The van der Waals surface area contributed by atoms with Gasteiger partial charge in [-0.15, -0.1) is 0 Å². The fourth-order valence-electron chi connectivity index (χ4n) is 2.78. The quantitative estimate of drug-likeness (QED) is 0.774. The highest BCUT2D eigenvalue weighted by Crippen LogP contribution is 2.19. The zero-order chi connectivity index (χ0) is 15.7. The number of rotatable bonds is 7. The minimum atomic E-state index is 0.133. The third-order valence-electron chi connectivity index (χ3n) is 4.06. The largest absolute Gasteiger partial charge is 0.376 e. The highest BCUT2D eigenvalue weighted by atomic mass is 16.5. The Morgan fingerprint density at radius 1 is 0.870 bits per heavy atom. The van der Waals surface area contributed by atoms with Crippen molar-refractivity contribution in [2.75, 3.05) is 13.2 Å². The molecule has 0 amide bonds. The minimum Gasteiger partial charge on any atom is -0.376 e. The predicted molar refractivity (Wildman–Crippen MR) is 90.1 cm³/mol. The lowest BCUT2D eigenvalue weighted by Crippen LogP contribution is -2.33. The molecule has 1 aliphatic heterocycles. The second kappa shape index (κ2) is 8.82. The van der Waals surface area contributed by atoms with E-state index in [4.69, 9.17) is 14.2 Å². The average Bonchev–Trinajstić information content (AvgIpc) is 2.62. The molecule has 0 saturated carbocycles. The summed E-state index contributed by atoms with van der Waals surface area (Å²) in [4.78, 5) is 0. The van der Waals surface area contributed by atoms with Crippen LogP contribution in [0.15, 0.2) is 60.7 Å². The molecule has 0 bridgehead atoms. The molecule has 2 unspecified atom stereocenters. The van der Waals surface area contributed by atoms with Gasteiger partial charge in [0.1, 0.15) is 0 Å². The fourth-order valence-corrected chi connectivity index (χ4v) is 2.78. The summed E-state index contributed by atoms with van der Waals surface area (Å²) in [5.74, 6) is 0. The van der Waals surface area contributed by atoms with Gasteiger partial charge < -0.3 is 14.2 Å². The zero-order valence-electron chi connectivity index (χ0n) is 13.4. The molecule has 0 aliphatic carbocycles. The predicted octanol–water partition coefficient (Wildman–Crippen LogP) is 3.97. The maximum Gasteiger partial charge on any atom is 0.0833 e. The monoisotopic (exact) mass is 312 g/mol. The number of hydrogen-bond donors (Lipinski definition) is 0.